The fraction of sp³-hybridized carbons (Fsp3) is 0.273. The van der Waals surface area contributed by atoms with E-state index in [9.17, 15) is 0 Å². The fourth-order valence-corrected chi connectivity index (χ4v) is 3.08. The van der Waals surface area contributed by atoms with E-state index < -0.39 is 0 Å². The van der Waals surface area contributed by atoms with Crippen LogP contribution < -0.4 is 0 Å². The van der Waals surface area contributed by atoms with Crippen molar-refractivity contribution in [3.8, 4) is 0 Å². The SMILES string of the molecule is C=C(C)CN(CC)Cc1nc(C(c2ccccc2)c2ccccc2)no1. The molecule has 1 aromatic heterocycles. The third-order valence-corrected chi connectivity index (χ3v) is 4.31. The van der Waals surface area contributed by atoms with E-state index in [1.54, 1.807) is 0 Å². The number of hydrogen-bond donors (Lipinski definition) is 0. The van der Waals surface area contributed by atoms with Gasteiger partial charge in [0.15, 0.2) is 5.82 Å². The van der Waals surface area contributed by atoms with Crippen LogP contribution in [0.3, 0.4) is 0 Å². The van der Waals surface area contributed by atoms with Crippen molar-refractivity contribution in [2.24, 2.45) is 0 Å². The number of nitrogens with zero attached hydrogens (tertiary/aromatic N) is 3. The van der Waals surface area contributed by atoms with Crippen molar-refractivity contribution < 1.29 is 4.52 Å². The normalized spacial score (nSPS) is 11.2. The van der Waals surface area contributed by atoms with Gasteiger partial charge in [-0.1, -0.05) is 84.9 Å². The summed E-state index contributed by atoms with van der Waals surface area (Å²) in [6.07, 6.45) is 0. The van der Waals surface area contributed by atoms with Gasteiger partial charge in [0.1, 0.15) is 0 Å². The summed E-state index contributed by atoms with van der Waals surface area (Å²) in [6, 6.07) is 20.6. The summed E-state index contributed by atoms with van der Waals surface area (Å²) in [5.74, 6) is 1.30. The summed E-state index contributed by atoms with van der Waals surface area (Å²) in [7, 11) is 0. The summed E-state index contributed by atoms with van der Waals surface area (Å²) in [4.78, 5) is 6.95. The highest BCUT2D eigenvalue weighted by Gasteiger charge is 2.22. The van der Waals surface area contributed by atoms with Crippen molar-refractivity contribution in [2.75, 3.05) is 13.1 Å². The van der Waals surface area contributed by atoms with Crippen LogP contribution in [-0.4, -0.2) is 28.1 Å². The van der Waals surface area contributed by atoms with Gasteiger partial charge >= 0.3 is 0 Å². The van der Waals surface area contributed by atoms with Crippen LogP contribution in [0.5, 0.6) is 0 Å². The van der Waals surface area contributed by atoms with Gasteiger partial charge in [-0.05, 0) is 24.6 Å². The largest absolute Gasteiger partial charge is 0.338 e. The average molecular weight is 347 g/mol. The highest BCUT2D eigenvalue weighted by atomic mass is 16.5. The zero-order chi connectivity index (χ0) is 18.4. The van der Waals surface area contributed by atoms with Crippen LogP contribution in [-0.2, 0) is 6.54 Å². The molecule has 0 fully saturated rings. The Labute approximate surface area is 155 Å². The van der Waals surface area contributed by atoms with Gasteiger partial charge in [0.25, 0.3) is 0 Å². The molecule has 0 aliphatic heterocycles. The third kappa shape index (κ3) is 4.46. The van der Waals surface area contributed by atoms with E-state index >= 15 is 0 Å². The molecule has 3 rings (SSSR count). The van der Waals surface area contributed by atoms with Crippen LogP contribution in [0.2, 0.25) is 0 Å². The maximum absolute atomic E-state index is 5.57. The molecular weight excluding hydrogens is 322 g/mol. The van der Waals surface area contributed by atoms with Gasteiger partial charge in [-0.3, -0.25) is 4.90 Å². The average Bonchev–Trinajstić information content (AvgIpc) is 3.11. The lowest BCUT2D eigenvalue weighted by Gasteiger charge is -2.17. The number of benzene rings is 2. The first kappa shape index (κ1) is 18.1. The van der Waals surface area contributed by atoms with Crippen LogP contribution in [0, 0.1) is 0 Å². The fourth-order valence-electron chi connectivity index (χ4n) is 3.08. The lowest BCUT2D eigenvalue weighted by Crippen LogP contribution is -2.24. The highest BCUT2D eigenvalue weighted by molar-refractivity contribution is 5.37. The van der Waals surface area contributed by atoms with E-state index in [0.29, 0.717) is 18.3 Å². The molecule has 2 aromatic carbocycles. The Bertz CT molecular complexity index is 787. The minimum Gasteiger partial charge on any atom is -0.338 e. The van der Waals surface area contributed by atoms with E-state index in [2.05, 4.69) is 47.8 Å². The van der Waals surface area contributed by atoms with Crippen molar-refractivity contribution in [1.82, 2.24) is 15.0 Å². The second-order valence-corrected chi connectivity index (χ2v) is 6.56. The van der Waals surface area contributed by atoms with Gasteiger partial charge in [-0.2, -0.15) is 4.98 Å². The van der Waals surface area contributed by atoms with Gasteiger partial charge in [0.05, 0.1) is 12.5 Å². The predicted molar refractivity (Wildman–Crippen MR) is 104 cm³/mol. The van der Waals surface area contributed by atoms with Crippen LogP contribution in [0.15, 0.2) is 77.3 Å². The molecule has 0 bridgehead atoms. The van der Waals surface area contributed by atoms with Crippen molar-refractivity contribution >= 4 is 0 Å². The van der Waals surface area contributed by atoms with Crippen LogP contribution in [0.1, 0.15) is 42.6 Å². The topological polar surface area (TPSA) is 42.2 Å². The third-order valence-electron chi connectivity index (χ3n) is 4.31. The Morgan fingerprint density at radius 1 is 1.04 bits per heavy atom. The van der Waals surface area contributed by atoms with Gasteiger partial charge < -0.3 is 4.52 Å². The first-order valence-electron chi connectivity index (χ1n) is 8.96. The van der Waals surface area contributed by atoms with Crippen LogP contribution in [0.25, 0.3) is 0 Å². The predicted octanol–water partition coefficient (Wildman–Crippen LogP) is 4.65. The number of aromatic nitrogens is 2. The second kappa shape index (κ2) is 8.59. The molecular formula is C22H25N3O. The Hall–Kier alpha value is -2.72. The monoisotopic (exact) mass is 347 g/mol. The van der Waals surface area contributed by atoms with E-state index in [4.69, 9.17) is 9.51 Å². The van der Waals surface area contributed by atoms with E-state index in [1.807, 2.05) is 43.3 Å². The molecule has 26 heavy (non-hydrogen) atoms. The Kier molecular flexibility index (Phi) is 5.97. The van der Waals surface area contributed by atoms with Crippen molar-refractivity contribution in [3.63, 3.8) is 0 Å². The maximum atomic E-state index is 5.57. The number of likely N-dealkylation sites (N-methyl/N-ethyl adjacent to an activating group) is 1. The quantitative estimate of drug-likeness (QED) is 0.556. The lowest BCUT2D eigenvalue weighted by molar-refractivity contribution is 0.251. The summed E-state index contributed by atoms with van der Waals surface area (Å²) in [6.45, 7) is 10.5. The zero-order valence-electron chi connectivity index (χ0n) is 15.4. The van der Waals surface area contributed by atoms with Gasteiger partial charge in [0.2, 0.25) is 5.89 Å². The summed E-state index contributed by atoms with van der Waals surface area (Å²) >= 11 is 0. The Balaban J connectivity index is 1.89. The smallest absolute Gasteiger partial charge is 0.240 e. The first-order chi connectivity index (χ1) is 12.7. The molecule has 0 amide bonds. The molecule has 3 aromatic rings. The molecule has 0 saturated carbocycles. The molecule has 0 aliphatic rings. The molecule has 0 radical (unpaired) electrons. The highest BCUT2D eigenvalue weighted by Crippen LogP contribution is 2.29. The minimum atomic E-state index is -0.0360. The van der Waals surface area contributed by atoms with Gasteiger partial charge in [0, 0.05) is 6.54 Å². The molecule has 4 heteroatoms. The Morgan fingerprint density at radius 2 is 1.62 bits per heavy atom. The molecule has 0 N–H and O–H groups in total. The van der Waals surface area contributed by atoms with E-state index in [1.165, 1.54) is 0 Å². The van der Waals surface area contributed by atoms with Gasteiger partial charge in [-0.25, -0.2) is 0 Å². The van der Waals surface area contributed by atoms with Gasteiger partial charge in [-0.15, -0.1) is 0 Å². The second-order valence-electron chi connectivity index (χ2n) is 6.56. The summed E-state index contributed by atoms with van der Waals surface area (Å²) in [5.41, 5.74) is 3.43. The Morgan fingerprint density at radius 3 is 2.12 bits per heavy atom. The molecule has 0 aliphatic carbocycles. The van der Waals surface area contributed by atoms with E-state index in [-0.39, 0.29) is 5.92 Å². The molecule has 4 nitrogen and oxygen atoms in total. The molecule has 0 atom stereocenters. The van der Waals surface area contributed by atoms with Crippen LogP contribution in [0.4, 0.5) is 0 Å². The maximum Gasteiger partial charge on any atom is 0.240 e. The van der Waals surface area contributed by atoms with E-state index in [0.717, 1.165) is 29.8 Å². The molecule has 0 saturated heterocycles. The molecule has 0 spiro atoms. The first-order valence-corrected chi connectivity index (χ1v) is 8.96. The summed E-state index contributed by atoms with van der Waals surface area (Å²) < 4.78 is 5.57. The lowest BCUT2D eigenvalue weighted by atomic mass is 9.91. The standard InChI is InChI=1S/C22H25N3O/c1-4-25(15-17(2)3)16-20-23-22(24-26-20)21(18-11-7-5-8-12-18)19-13-9-6-10-14-19/h5-14,21H,2,4,15-16H2,1,3H3. The minimum absolute atomic E-state index is 0.0360. The van der Waals surface area contributed by atoms with Crippen molar-refractivity contribution in [2.45, 2.75) is 26.3 Å². The van der Waals surface area contributed by atoms with Crippen molar-refractivity contribution in [1.29, 1.82) is 0 Å². The molecule has 0 unspecified atom stereocenters. The summed E-state index contributed by atoms with van der Waals surface area (Å²) in [5, 5.41) is 4.30. The number of rotatable bonds is 8. The number of hydrogen-bond acceptors (Lipinski definition) is 4. The van der Waals surface area contributed by atoms with Crippen molar-refractivity contribution in [3.05, 3.63) is 95.7 Å². The molecule has 134 valence electrons. The zero-order valence-corrected chi connectivity index (χ0v) is 15.4. The van der Waals surface area contributed by atoms with Crippen LogP contribution >= 0.6 is 0 Å². The molecule has 1 heterocycles.